The van der Waals surface area contributed by atoms with E-state index in [4.69, 9.17) is 24.1 Å². The third kappa shape index (κ3) is 23.8. The SMILES string of the molecule is CC(C)C(O)C(C)(C)COC(=O)c1ccccc1.CCCCCCCCCCCC(=O)O.O=C(OCCOCCOC(=O)c1ccccc1)c1ccccc1. The van der Waals surface area contributed by atoms with Crippen molar-refractivity contribution in [2.45, 2.75) is 105 Å². The summed E-state index contributed by atoms with van der Waals surface area (Å²) in [4.78, 5) is 45.3. The molecule has 55 heavy (non-hydrogen) atoms. The molecule has 2 N–H and O–H groups in total. The number of hydrogen-bond acceptors (Lipinski definition) is 9. The summed E-state index contributed by atoms with van der Waals surface area (Å²) >= 11 is 0. The largest absolute Gasteiger partial charge is 0.481 e. The van der Waals surface area contributed by atoms with Crippen molar-refractivity contribution in [2.75, 3.05) is 33.0 Å². The number of carbonyl (C=O) groups is 4. The lowest BCUT2D eigenvalue weighted by Crippen LogP contribution is -2.38. The quantitative estimate of drug-likeness (QED) is 0.0544. The summed E-state index contributed by atoms with van der Waals surface area (Å²) in [7, 11) is 0. The van der Waals surface area contributed by atoms with Crippen molar-refractivity contribution < 1.29 is 48.3 Å². The Morgan fingerprint density at radius 3 is 1.29 bits per heavy atom. The van der Waals surface area contributed by atoms with Gasteiger partial charge in [-0.2, -0.15) is 0 Å². The maximum absolute atomic E-state index is 11.8. The van der Waals surface area contributed by atoms with Crippen molar-refractivity contribution in [3.8, 4) is 0 Å². The summed E-state index contributed by atoms with van der Waals surface area (Å²) < 4.78 is 20.6. The molecule has 0 saturated carbocycles. The number of esters is 3. The van der Waals surface area contributed by atoms with Crippen LogP contribution >= 0.6 is 0 Å². The van der Waals surface area contributed by atoms with Crippen molar-refractivity contribution in [3.05, 3.63) is 108 Å². The number of hydrogen-bond donors (Lipinski definition) is 2. The first-order valence-electron chi connectivity index (χ1n) is 19.5. The highest BCUT2D eigenvalue weighted by Gasteiger charge is 2.31. The molecule has 0 aliphatic carbocycles. The molecule has 0 heterocycles. The van der Waals surface area contributed by atoms with E-state index in [0.717, 1.165) is 12.8 Å². The third-order valence-electron chi connectivity index (χ3n) is 8.45. The van der Waals surface area contributed by atoms with E-state index in [9.17, 15) is 24.3 Å². The van der Waals surface area contributed by atoms with Crippen LogP contribution < -0.4 is 0 Å². The van der Waals surface area contributed by atoms with Gasteiger partial charge in [0.2, 0.25) is 0 Å². The fraction of sp³-hybridized carbons (Fsp3) is 0.511. The van der Waals surface area contributed by atoms with Gasteiger partial charge in [0.05, 0.1) is 42.6 Å². The van der Waals surface area contributed by atoms with E-state index < -0.39 is 17.5 Å². The van der Waals surface area contributed by atoms with Crippen molar-refractivity contribution in [1.29, 1.82) is 0 Å². The Morgan fingerprint density at radius 1 is 0.564 bits per heavy atom. The number of unbranched alkanes of at least 4 members (excludes halogenated alkanes) is 8. The van der Waals surface area contributed by atoms with Crippen LogP contribution in [0.15, 0.2) is 91.0 Å². The van der Waals surface area contributed by atoms with Crippen LogP contribution in [0, 0.1) is 11.3 Å². The molecule has 3 aromatic rings. The molecule has 10 heteroatoms. The van der Waals surface area contributed by atoms with Crippen LogP contribution in [-0.2, 0) is 23.7 Å². The molecule has 0 fully saturated rings. The molecule has 0 aliphatic heterocycles. The van der Waals surface area contributed by atoms with E-state index in [2.05, 4.69) is 6.92 Å². The Labute approximate surface area is 328 Å². The van der Waals surface area contributed by atoms with Crippen LogP contribution in [0.2, 0.25) is 0 Å². The number of carboxylic acid groups (broad SMARTS) is 1. The van der Waals surface area contributed by atoms with Crippen LogP contribution in [0.5, 0.6) is 0 Å². The number of aliphatic hydroxyl groups excluding tert-OH is 1. The summed E-state index contributed by atoms with van der Waals surface area (Å²) in [5.74, 6) is -1.64. The van der Waals surface area contributed by atoms with E-state index >= 15 is 0 Å². The van der Waals surface area contributed by atoms with Crippen molar-refractivity contribution in [3.63, 3.8) is 0 Å². The van der Waals surface area contributed by atoms with Crippen molar-refractivity contribution in [1.82, 2.24) is 0 Å². The average Bonchev–Trinajstić information content (AvgIpc) is 3.19. The van der Waals surface area contributed by atoms with Gasteiger partial charge < -0.3 is 29.2 Å². The minimum Gasteiger partial charge on any atom is -0.481 e. The lowest BCUT2D eigenvalue weighted by atomic mass is 9.81. The normalized spacial score (nSPS) is 11.3. The summed E-state index contributed by atoms with van der Waals surface area (Å²) in [5.41, 5.74) is 1.10. The molecule has 1 atom stereocenters. The van der Waals surface area contributed by atoms with Gasteiger partial charge in [-0.15, -0.1) is 0 Å². The fourth-order valence-electron chi connectivity index (χ4n) is 5.29. The number of benzene rings is 3. The van der Waals surface area contributed by atoms with E-state index in [0.29, 0.717) is 23.1 Å². The molecule has 0 radical (unpaired) electrons. The molecule has 3 rings (SSSR count). The summed E-state index contributed by atoms with van der Waals surface area (Å²) in [6, 6.07) is 26.4. The summed E-state index contributed by atoms with van der Waals surface area (Å²) in [5, 5.41) is 18.5. The molecule has 304 valence electrons. The van der Waals surface area contributed by atoms with Gasteiger partial charge in [0.1, 0.15) is 13.2 Å². The number of carbonyl (C=O) groups excluding carboxylic acids is 3. The summed E-state index contributed by atoms with van der Waals surface area (Å²) in [6.45, 7) is 10.9. The molecule has 0 aromatic heterocycles. The first-order valence-corrected chi connectivity index (χ1v) is 19.5. The zero-order valence-electron chi connectivity index (χ0n) is 33.6. The molecule has 1 unspecified atom stereocenters. The highest BCUT2D eigenvalue weighted by molar-refractivity contribution is 5.90. The van der Waals surface area contributed by atoms with Crippen LogP contribution in [0.25, 0.3) is 0 Å². The summed E-state index contributed by atoms with van der Waals surface area (Å²) in [6.07, 6.45) is 11.0. The zero-order valence-corrected chi connectivity index (χ0v) is 33.6. The monoisotopic (exact) mass is 764 g/mol. The van der Waals surface area contributed by atoms with Crippen LogP contribution in [0.4, 0.5) is 0 Å². The molecule has 0 spiro atoms. The highest BCUT2D eigenvalue weighted by Crippen LogP contribution is 2.26. The minimum atomic E-state index is -0.659. The number of rotatable bonds is 23. The molecule has 0 saturated heterocycles. The Morgan fingerprint density at radius 2 is 0.927 bits per heavy atom. The van der Waals surface area contributed by atoms with E-state index in [1.54, 1.807) is 72.8 Å². The fourth-order valence-corrected chi connectivity index (χ4v) is 5.29. The van der Waals surface area contributed by atoms with Gasteiger partial charge >= 0.3 is 23.9 Å². The second kappa shape index (κ2) is 29.8. The maximum Gasteiger partial charge on any atom is 0.338 e. The van der Waals surface area contributed by atoms with Crippen molar-refractivity contribution in [2.24, 2.45) is 11.3 Å². The van der Waals surface area contributed by atoms with E-state index in [1.165, 1.54) is 44.9 Å². The van der Waals surface area contributed by atoms with Crippen molar-refractivity contribution >= 4 is 23.9 Å². The van der Waals surface area contributed by atoms with Gasteiger partial charge in [0.25, 0.3) is 0 Å². The first-order chi connectivity index (χ1) is 26.4. The minimum absolute atomic E-state index is 0.135. The lowest BCUT2D eigenvalue weighted by molar-refractivity contribution is -0.137. The molecular formula is C45H64O10. The number of carboxylic acids is 1. The second-order valence-electron chi connectivity index (χ2n) is 14.2. The Hall–Kier alpha value is -4.54. The van der Waals surface area contributed by atoms with Gasteiger partial charge in [0.15, 0.2) is 0 Å². The smallest absolute Gasteiger partial charge is 0.338 e. The molecular weight excluding hydrogens is 700 g/mol. The molecule has 0 bridgehead atoms. The third-order valence-corrected chi connectivity index (χ3v) is 8.45. The number of ether oxygens (including phenoxy) is 4. The van der Waals surface area contributed by atoms with Crippen LogP contribution in [-0.4, -0.2) is 73.2 Å². The molecule has 10 nitrogen and oxygen atoms in total. The topological polar surface area (TPSA) is 146 Å². The number of aliphatic hydroxyl groups is 1. The average molecular weight is 765 g/mol. The molecule has 3 aromatic carbocycles. The van der Waals surface area contributed by atoms with E-state index in [1.807, 2.05) is 45.9 Å². The van der Waals surface area contributed by atoms with Gasteiger partial charge in [-0.25, -0.2) is 14.4 Å². The Balaban J connectivity index is 0.000000427. The number of aliphatic carboxylic acids is 1. The van der Waals surface area contributed by atoms with Gasteiger partial charge in [-0.3, -0.25) is 4.79 Å². The lowest BCUT2D eigenvalue weighted by Gasteiger charge is -2.32. The maximum atomic E-state index is 11.8. The first kappa shape index (κ1) is 48.5. The predicted octanol–water partition coefficient (Wildman–Crippen LogP) is 9.60. The Bertz CT molecular complexity index is 1390. The van der Waals surface area contributed by atoms with E-state index in [-0.39, 0.29) is 56.9 Å². The van der Waals surface area contributed by atoms with Gasteiger partial charge in [-0.05, 0) is 48.7 Å². The predicted molar refractivity (Wildman–Crippen MR) is 215 cm³/mol. The second-order valence-corrected chi connectivity index (χ2v) is 14.2. The standard InChI is InChI=1S/C18H18O5.C15H22O3.C12H24O2/c19-17(15-7-3-1-4-8-15)22-13-11-21-12-14-23-18(20)16-9-5-2-6-10-16;1-11(2)13(16)15(3,4)10-18-14(17)12-8-6-5-7-9-12;1-2-3-4-5-6-7-8-9-10-11-12(13)14/h1-10H,11-14H2;5-9,11,13,16H,10H2,1-4H3;2-11H2,1H3,(H,13,14). The molecule has 0 amide bonds. The Kier molecular flexibility index (Phi) is 26.2. The zero-order chi connectivity index (χ0) is 40.7. The van der Waals surface area contributed by atoms with Crippen LogP contribution in [0.1, 0.15) is 130 Å². The van der Waals surface area contributed by atoms with Gasteiger partial charge in [0, 0.05) is 11.8 Å². The van der Waals surface area contributed by atoms with Crippen LogP contribution in [0.3, 0.4) is 0 Å². The van der Waals surface area contributed by atoms with Gasteiger partial charge in [-0.1, -0.05) is 141 Å². The highest BCUT2D eigenvalue weighted by atomic mass is 16.6. The molecule has 0 aliphatic rings.